The minimum absolute atomic E-state index is 0.0207. The lowest BCUT2D eigenvalue weighted by Gasteiger charge is -2.13. The molecule has 0 spiro atoms. The average molecular weight is 314 g/mol. The molecule has 6 heteroatoms. The molecule has 3 N–H and O–H groups in total. The minimum atomic E-state index is -0.359. The van der Waals surface area contributed by atoms with Crippen LogP contribution in [0, 0.1) is 0 Å². The number of nitrogens with zero attached hydrogens (tertiary/aromatic N) is 2. The second-order valence-electron chi connectivity index (χ2n) is 5.80. The first kappa shape index (κ1) is 15.7. The summed E-state index contributed by atoms with van der Waals surface area (Å²) in [7, 11) is 0. The van der Waals surface area contributed by atoms with E-state index in [2.05, 4.69) is 22.5 Å². The van der Waals surface area contributed by atoms with E-state index in [4.69, 9.17) is 10.5 Å². The lowest BCUT2D eigenvalue weighted by molar-refractivity contribution is -0.132. The molecule has 1 saturated heterocycles. The quantitative estimate of drug-likeness (QED) is 0.835. The maximum Gasteiger partial charge on any atom is 0.249 e. The van der Waals surface area contributed by atoms with E-state index in [1.54, 1.807) is 6.20 Å². The number of nitrogens with two attached hydrogens (primary N) is 1. The predicted octanol–water partition coefficient (Wildman–Crippen LogP) is 1.05. The smallest absolute Gasteiger partial charge is 0.249 e. The van der Waals surface area contributed by atoms with Crippen LogP contribution in [0.5, 0.6) is 0 Å². The molecule has 2 atom stereocenters. The molecule has 3 rings (SSSR count). The Hall–Kier alpha value is -2.18. The first-order chi connectivity index (χ1) is 11.2. The van der Waals surface area contributed by atoms with E-state index in [0.29, 0.717) is 13.1 Å². The van der Waals surface area contributed by atoms with Crippen molar-refractivity contribution in [3.8, 4) is 0 Å². The number of hydrogen-bond donors (Lipinski definition) is 2. The van der Waals surface area contributed by atoms with Crippen LogP contribution in [-0.2, 0) is 22.6 Å². The summed E-state index contributed by atoms with van der Waals surface area (Å²) in [5.74, 6) is -0.0541. The van der Waals surface area contributed by atoms with Gasteiger partial charge in [0, 0.05) is 25.5 Å². The summed E-state index contributed by atoms with van der Waals surface area (Å²) in [5.41, 5.74) is 7.80. The molecule has 1 aliphatic rings. The van der Waals surface area contributed by atoms with Crippen LogP contribution in [0.1, 0.15) is 24.0 Å². The van der Waals surface area contributed by atoms with Crippen molar-refractivity contribution in [1.29, 1.82) is 0 Å². The number of nitrogens with one attached hydrogen (secondary N) is 1. The second-order valence-corrected chi connectivity index (χ2v) is 5.80. The van der Waals surface area contributed by atoms with Crippen LogP contribution in [0.25, 0.3) is 0 Å². The fourth-order valence-electron chi connectivity index (χ4n) is 2.72. The summed E-state index contributed by atoms with van der Waals surface area (Å²) >= 11 is 0. The number of rotatable bonds is 6. The predicted molar refractivity (Wildman–Crippen MR) is 86.6 cm³/mol. The highest BCUT2D eigenvalue weighted by molar-refractivity contribution is 5.81. The van der Waals surface area contributed by atoms with Crippen molar-refractivity contribution in [2.75, 3.05) is 6.54 Å². The van der Waals surface area contributed by atoms with Crippen molar-refractivity contribution < 1.29 is 9.53 Å². The van der Waals surface area contributed by atoms with Gasteiger partial charge < -0.3 is 15.8 Å². The van der Waals surface area contributed by atoms with Gasteiger partial charge in [0.25, 0.3) is 0 Å². The van der Waals surface area contributed by atoms with Crippen LogP contribution < -0.4 is 11.1 Å². The van der Waals surface area contributed by atoms with Gasteiger partial charge in [0.05, 0.1) is 12.6 Å². The standard InChI is InChI=1S/C17H22N4O2/c18-10-15-6-7-16(23-15)17(22)19-11-13-2-4-14(5-3-13)12-21-9-1-8-20-21/h1-5,8-9,15-16H,6-7,10-12,18H2,(H,19,22)/t15-,16+/m1/s1. The van der Waals surface area contributed by atoms with Gasteiger partial charge in [-0.3, -0.25) is 9.48 Å². The highest BCUT2D eigenvalue weighted by atomic mass is 16.5. The van der Waals surface area contributed by atoms with Gasteiger partial charge in [0.15, 0.2) is 0 Å². The Kier molecular flexibility index (Phi) is 5.05. The fourth-order valence-corrected chi connectivity index (χ4v) is 2.72. The highest BCUT2D eigenvalue weighted by Crippen LogP contribution is 2.19. The van der Waals surface area contributed by atoms with Crippen molar-refractivity contribution >= 4 is 5.91 Å². The molecule has 0 aliphatic carbocycles. The Morgan fingerprint density at radius 3 is 2.74 bits per heavy atom. The molecule has 2 aromatic rings. The Labute approximate surface area is 135 Å². The maximum absolute atomic E-state index is 12.1. The molecule has 0 unspecified atom stereocenters. The Morgan fingerprint density at radius 2 is 2.09 bits per heavy atom. The van der Waals surface area contributed by atoms with Gasteiger partial charge in [-0.1, -0.05) is 24.3 Å². The molecule has 1 fully saturated rings. The zero-order valence-corrected chi connectivity index (χ0v) is 13.0. The van der Waals surface area contributed by atoms with E-state index < -0.39 is 0 Å². The summed E-state index contributed by atoms with van der Waals surface area (Å²) in [6, 6.07) is 10.1. The topological polar surface area (TPSA) is 82.2 Å². The van der Waals surface area contributed by atoms with Crippen molar-refractivity contribution in [2.24, 2.45) is 5.73 Å². The summed E-state index contributed by atoms with van der Waals surface area (Å²) in [4.78, 5) is 12.1. The zero-order valence-electron chi connectivity index (χ0n) is 13.0. The fraction of sp³-hybridized carbons (Fsp3) is 0.412. The van der Waals surface area contributed by atoms with Crippen LogP contribution in [0.4, 0.5) is 0 Å². The normalized spacial score (nSPS) is 20.6. The summed E-state index contributed by atoms with van der Waals surface area (Å²) in [6.45, 7) is 1.73. The molecule has 0 saturated carbocycles. The lowest BCUT2D eigenvalue weighted by atomic mass is 10.1. The molecule has 122 valence electrons. The van der Waals surface area contributed by atoms with E-state index >= 15 is 0 Å². The third-order valence-electron chi connectivity index (χ3n) is 4.06. The Morgan fingerprint density at radius 1 is 1.30 bits per heavy atom. The molecule has 0 bridgehead atoms. The van der Waals surface area contributed by atoms with Crippen molar-refractivity contribution in [3.05, 3.63) is 53.9 Å². The molecular weight excluding hydrogens is 292 g/mol. The van der Waals surface area contributed by atoms with Gasteiger partial charge in [0.1, 0.15) is 6.10 Å². The van der Waals surface area contributed by atoms with Gasteiger partial charge in [-0.2, -0.15) is 5.10 Å². The molecular formula is C17H22N4O2. The summed E-state index contributed by atoms with van der Waals surface area (Å²) < 4.78 is 7.47. The number of hydrogen-bond acceptors (Lipinski definition) is 4. The van der Waals surface area contributed by atoms with Crippen molar-refractivity contribution in [3.63, 3.8) is 0 Å². The molecule has 1 amide bonds. The average Bonchev–Trinajstić information content (AvgIpc) is 3.25. The number of amides is 1. The van der Waals surface area contributed by atoms with Crippen LogP contribution in [-0.4, -0.2) is 34.4 Å². The van der Waals surface area contributed by atoms with Gasteiger partial charge in [-0.25, -0.2) is 0 Å². The molecule has 1 aromatic heterocycles. The molecule has 6 nitrogen and oxygen atoms in total. The largest absolute Gasteiger partial charge is 0.364 e. The third kappa shape index (κ3) is 4.18. The summed E-state index contributed by atoms with van der Waals surface area (Å²) in [5, 5.41) is 7.12. The van der Waals surface area contributed by atoms with Crippen LogP contribution in [0.15, 0.2) is 42.7 Å². The van der Waals surface area contributed by atoms with E-state index in [1.807, 2.05) is 29.1 Å². The first-order valence-corrected chi connectivity index (χ1v) is 7.93. The van der Waals surface area contributed by atoms with Crippen LogP contribution in [0.3, 0.4) is 0 Å². The number of ether oxygens (including phenoxy) is 1. The SMILES string of the molecule is NC[C@H]1CC[C@@H](C(=O)NCc2ccc(Cn3cccn3)cc2)O1. The second kappa shape index (κ2) is 7.39. The maximum atomic E-state index is 12.1. The van der Waals surface area contributed by atoms with Crippen molar-refractivity contribution in [2.45, 2.75) is 38.1 Å². The van der Waals surface area contributed by atoms with Crippen LogP contribution in [0.2, 0.25) is 0 Å². The van der Waals surface area contributed by atoms with E-state index in [9.17, 15) is 4.79 Å². The van der Waals surface area contributed by atoms with Gasteiger partial charge in [-0.05, 0) is 30.0 Å². The molecule has 23 heavy (non-hydrogen) atoms. The van der Waals surface area contributed by atoms with Gasteiger partial charge in [-0.15, -0.1) is 0 Å². The zero-order chi connectivity index (χ0) is 16.1. The Balaban J connectivity index is 1.48. The monoisotopic (exact) mass is 314 g/mol. The van der Waals surface area contributed by atoms with E-state index in [0.717, 1.165) is 24.9 Å². The van der Waals surface area contributed by atoms with E-state index in [1.165, 1.54) is 5.56 Å². The number of carbonyl (C=O) groups is 1. The third-order valence-corrected chi connectivity index (χ3v) is 4.06. The molecule has 1 aliphatic heterocycles. The first-order valence-electron chi connectivity index (χ1n) is 7.93. The van der Waals surface area contributed by atoms with Gasteiger partial charge in [0.2, 0.25) is 5.91 Å². The Bertz CT molecular complexity index is 625. The van der Waals surface area contributed by atoms with Crippen molar-refractivity contribution in [1.82, 2.24) is 15.1 Å². The molecule has 2 heterocycles. The van der Waals surface area contributed by atoms with Crippen LogP contribution >= 0.6 is 0 Å². The number of carbonyl (C=O) groups excluding carboxylic acids is 1. The summed E-state index contributed by atoms with van der Waals surface area (Å²) in [6.07, 6.45) is 4.97. The molecule has 0 radical (unpaired) electrons. The number of benzene rings is 1. The van der Waals surface area contributed by atoms with Gasteiger partial charge >= 0.3 is 0 Å². The minimum Gasteiger partial charge on any atom is -0.364 e. The number of aromatic nitrogens is 2. The highest BCUT2D eigenvalue weighted by Gasteiger charge is 2.29. The molecule has 1 aromatic carbocycles. The van der Waals surface area contributed by atoms with E-state index in [-0.39, 0.29) is 18.1 Å². The lowest BCUT2D eigenvalue weighted by Crippen LogP contribution is -2.35.